The van der Waals surface area contributed by atoms with Gasteiger partial charge in [0.05, 0.1) is 0 Å². The Hall–Kier alpha value is -1.47. The minimum Gasteiger partial charge on any atom is -1.00 e. The fourth-order valence-corrected chi connectivity index (χ4v) is 7.87. The first-order chi connectivity index (χ1) is 11.8. The second-order valence-electron chi connectivity index (χ2n) is 5.78. The first-order valence-electron chi connectivity index (χ1n) is 8.47. The summed E-state index contributed by atoms with van der Waals surface area (Å²) < 4.78 is 6.22. The summed E-state index contributed by atoms with van der Waals surface area (Å²) in [5.41, 5.74) is 0. The van der Waals surface area contributed by atoms with Crippen molar-refractivity contribution in [3.05, 3.63) is 91.0 Å². The summed E-state index contributed by atoms with van der Waals surface area (Å²) in [4.78, 5) is 0. The smallest absolute Gasteiger partial charge is 0.178 e. The second kappa shape index (κ2) is 9.29. The molecule has 3 aromatic carbocycles. The summed E-state index contributed by atoms with van der Waals surface area (Å²) in [7, 11) is -1.88. The molecule has 0 amide bonds. The molecule has 3 rings (SSSR count). The third-order valence-corrected chi connectivity index (χ3v) is 9.02. The van der Waals surface area contributed by atoms with Gasteiger partial charge in [0.2, 0.25) is 0 Å². The Bertz CT molecular complexity index is 650. The van der Waals surface area contributed by atoms with Crippen LogP contribution in [0.15, 0.2) is 91.0 Å². The van der Waals surface area contributed by atoms with Crippen molar-refractivity contribution in [3.8, 4) is 0 Å². The molecule has 0 fully saturated rings. The highest BCUT2D eigenvalue weighted by molar-refractivity contribution is 7.96. The topological polar surface area (TPSA) is 9.23 Å². The van der Waals surface area contributed by atoms with Gasteiger partial charge in [-0.1, -0.05) is 54.6 Å². The van der Waals surface area contributed by atoms with Gasteiger partial charge in [-0.2, -0.15) is 0 Å². The largest absolute Gasteiger partial charge is 1.00 e. The van der Waals surface area contributed by atoms with E-state index in [1.165, 1.54) is 15.9 Å². The van der Waals surface area contributed by atoms with Crippen LogP contribution in [-0.2, 0) is 4.74 Å². The predicted molar refractivity (Wildman–Crippen MR) is 106 cm³/mol. The zero-order valence-corrected chi connectivity index (χ0v) is 17.2. The molecule has 0 aliphatic heterocycles. The van der Waals surface area contributed by atoms with Crippen LogP contribution < -0.4 is 32.9 Å². The highest BCUT2D eigenvalue weighted by atomic mass is 79.9. The lowest BCUT2D eigenvalue weighted by Gasteiger charge is -2.32. The van der Waals surface area contributed by atoms with E-state index in [0.29, 0.717) is 0 Å². The van der Waals surface area contributed by atoms with Gasteiger partial charge in [-0.3, -0.25) is 0 Å². The monoisotopic (exact) mass is 414 g/mol. The van der Waals surface area contributed by atoms with Gasteiger partial charge in [0.15, 0.2) is 5.85 Å². The maximum atomic E-state index is 6.22. The third-order valence-electron chi connectivity index (χ3n) is 4.44. The Morgan fingerprint density at radius 2 is 1.00 bits per heavy atom. The molecular weight excluding hydrogens is 391 g/mol. The molecule has 0 aliphatic rings. The van der Waals surface area contributed by atoms with Gasteiger partial charge < -0.3 is 21.7 Å². The Balaban J connectivity index is 0.00000225. The van der Waals surface area contributed by atoms with Gasteiger partial charge in [0.25, 0.3) is 0 Å². The quantitative estimate of drug-likeness (QED) is 0.553. The van der Waals surface area contributed by atoms with E-state index < -0.39 is 7.26 Å². The van der Waals surface area contributed by atoms with Crippen molar-refractivity contribution in [1.82, 2.24) is 0 Å². The standard InChI is InChI=1S/C22H24OP.BrH/c1-3-23-19(2)24(20-13-7-4-8-14-20,21-15-9-5-10-16-21)22-17-11-6-12-18-22;/h4-19H,3H2,1-2H3;1H/q+1;/p-1. The van der Waals surface area contributed by atoms with E-state index in [1.807, 2.05) is 0 Å². The molecule has 1 atom stereocenters. The van der Waals surface area contributed by atoms with Crippen molar-refractivity contribution in [2.45, 2.75) is 19.7 Å². The zero-order chi connectivity index (χ0) is 16.8. The van der Waals surface area contributed by atoms with Crippen molar-refractivity contribution < 1.29 is 21.7 Å². The highest BCUT2D eigenvalue weighted by Gasteiger charge is 2.51. The van der Waals surface area contributed by atoms with E-state index in [1.54, 1.807) is 0 Å². The molecule has 1 unspecified atom stereocenters. The van der Waals surface area contributed by atoms with Gasteiger partial charge >= 0.3 is 0 Å². The maximum absolute atomic E-state index is 6.22. The molecular formula is C22H24BrOP. The Labute approximate surface area is 162 Å². The first kappa shape index (κ1) is 19.8. The van der Waals surface area contributed by atoms with E-state index in [0.717, 1.165) is 6.61 Å². The molecule has 3 heteroatoms. The van der Waals surface area contributed by atoms with Crippen molar-refractivity contribution in [3.63, 3.8) is 0 Å². The van der Waals surface area contributed by atoms with Gasteiger partial charge in [-0.05, 0) is 50.2 Å². The van der Waals surface area contributed by atoms with Crippen molar-refractivity contribution in [1.29, 1.82) is 0 Å². The number of hydrogen-bond acceptors (Lipinski definition) is 1. The van der Waals surface area contributed by atoms with E-state index in [4.69, 9.17) is 4.74 Å². The molecule has 0 radical (unpaired) electrons. The van der Waals surface area contributed by atoms with Crippen LogP contribution in [0.5, 0.6) is 0 Å². The Morgan fingerprint density at radius 3 is 1.28 bits per heavy atom. The van der Waals surface area contributed by atoms with Crippen molar-refractivity contribution in [2.75, 3.05) is 6.61 Å². The lowest BCUT2D eigenvalue weighted by Crippen LogP contribution is -3.00. The lowest BCUT2D eigenvalue weighted by molar-refractivity contribution is -0.00000592. The molecule has 0 heterocycles. The summed E-state index contributed by atoms with van der Waals surface area (Å²) in [5.74, 6) is 0.120. The van der Waals surface area contributed by atoms with Crippen molar-refractivity contribution in [2.24, 2.45) is 0 Å². The summed E-state index contributed by atoms with van der Waals surface area (Å²) in [6.45, 7) is 5.02. The van der Waals surface area contributed by atoms with Crippen LogP contribution in [0, 0.1) is 0 Å². The van der Waals surface area contributed by atoms with Crippen LogP contribution in [0.2, 0.25) is 0 Å². The van der Waals surface area contributed by atoms with E-state index in [-0.39, 0.29) is 22.8 Å². The molecule has 3 aromatic rings. The van der Waals surface area contributed by atoms with Gasteiger partial charge in [0.1, 0.15) is 23.2 Å². The van der Waals surface area contributed by atoms with Gasteiger partial charge in [-0.25, -0.2) is 0 Å². The Kier molecular flexibility index (Phi) is 7.38. The van der Waals surface area contributed by atoms with Crippen molar-refractivity contribution >= 4 is 23.2 Å². The average molecular weight is 415 g/mol. The normalized spacial score (nSPS) is 12.2. The van der Waals surface area contributed by atoms with Gasteiger partial charge in [-0.15, -0.1) is 0 Å². The molecule has 0 saturated heterocycles. The summed E-state index contributed by atoms with van der Waals surface area (Å²) in [6, 6.07) is 32.6. The average Bonchev–Trinajstić information content (AvgIpc) is 2.65. The molecule has 0 aromatic heterocycles. The van der Waals surface area contributed by atoms with Crippen LogP contribution in [0.1, 0.15) is 13.8 Å². The second-order valence-corrected chi connectivity index (χ2v) is 9.51. The Morgan fingerprint density at radius 1 is 0.680 bits per heavy atom. The molecule has 1 nitrogen and oxygen atoms in total. The maximum Gasteiger partial charge on any atom is 0.178 e. The molecule has 0 bridgehead atoms. The highest BCUT2D eigenvalue weighted by Crippen LogP contribution is 2.59. The van der Waals surface area contributed by atoms with Crippen LogP contribution in [-0.4, -0.2) is 12.5 Å². The summed E-state index contributed by atoms with van der Waals surface area (Å²) in [5, 5.41) is 4.09. The number of benzene rings is 3. The van der Waals surface area contributed by atoms with Crippen LogP contribution in [0.4, 0.5) is 0 Å². The molecule has 0 aliphatic carbocycles. The lowest BCUT2D eigenvalue weighted by atomic mass is 10.4. The SMILES string of the molecule is CCOC(C)[P+](c1ccccc1)(c1ccccc1)c1ccccc1.[Br-]. The van der Waals surface area contributed by atoms with E-state index in [2.05, 4.69) is 105 Å². The summed E-state index contributed by atoms with van der Waals surface area (Å²) >= 11 is 0. The van der Waals surface area contributed by atoms with Crippen LogP contribution in [0.25, 0.3) is 0 Å². The van der Waals surface area contributed by atoms with E-state index in [9.17, 15) is 0 Å². The summed E-state index contributed by atoms with van der Waals surface area (Å²) in [6.07, 6.45) is 0. The fraction of sp³-hybridized carbons (Fsp3) is 0.182. The van der Waals surface area contributed by atoms with Crippen LogP contribution in [0.3, 0.4) is 0 Å². The molecule has 130 valence electrons. The molecule has 0 N–H and O–H groups in total. The predicted octanol–water partition coefficient (Wildman–Crippen LogP) is 1.37. The number of ether oxygens (including phenoxy) is 1. The minimum atomic E-state index is -1.88. The van der Waals surface area contributed by atoms with E-state index >= 15 is 0 Å². The number of halogens is 1. The minimum absolute atomic E-state index is 0. The first-order valence-corrected chi connectivity index (χ1v) is 10.3. The van der Waals surface area contributed by atoms with Crippen LogP contribution >= 0.6 is 7.26 Å². The molecule has 25 heavy (non-hydrogen) atoms. The number of hydrogen-bond donors (Lipinski definition) is 0. The van der Waals surface area contributed by atoms with Gasteiger partial charge in [0, 0.05) is 6.61 Å². The molecule has 0 saturated carbocycles. The third kappa shape index (κ3) is 3.87. The fourth-order valence-electron chi connectivity index (χ4n) is 3.42. The zero-order valence-electron chi connectivity index (χ0n) is 14.7. The number of rotatable bonds is 6. The molecule has 0 spiro atoms.